The summed E-state index contributed by atoms with van der Waals surface area (Å²) >= 11 is 0. The summed E-state index contributed by atoms with van der Waals surface area (Å²) in [4.78, 5) is 12.4. The predicted octanol–water partition coefficient (Wildman–Crippen LogP) is 1.24. The van der Waals surface area contributed by atoms with Gasteiger partial charge in [-0.3, -0.25) is 10.1 Å². The molecule has 2 N–H and O–H groups in total. The summed E-state index contributed by atoms with van der Waals surface area (Å²) < 4.78 is 28.4. The Morgan fingerprint density at radius 3 is 2.65 bits per heavy atom. The molecule has 0 aromatic carbocycles. The van der Waals surface area contributed by atoms with Crippen molar-refractivity contribution < 1.29 is 22.8 Å². The largest absolute Gasteiger partial charge is 0.395 e. The smallest absolute Gasteiger partial charge is 0.247 e. The van der Waals surface area contributed by atoms with E-state index >= 15 is 0 Å². The van der Waals surface area contributed by atoms with E-state index in [0.717, 1.165) is 25.7 Å². The monoisotopic (exact) mass is 342 g/mol. The number of hydrogen-bond donors (Lipinski definition) is 2. The first-order valence-electron chi connectivity index (χ1n) is 7.82. The Morgan fingerprint density at radius 1 is 1.48 bits per heavy atom. The van der Waals surface area contributed by atoms with Gasteiger partial charge in [-0.25, -0.2) is 8.42 Å². The van der Waals surface area contributed by atoms with E-state index < -0.39 is 20.5 Å². The van der Waals surface area contributed by atoms with Gasteiger partial charge < -0.3 is 9.63 Å². The summed E-state index contributed by atoms with van der Waals surface area (Å²) in [5.74, 6) is -0.291. The van der Waals surface area contributed by atoms with Crippen molar-refractivity contribution in [3.63, 3.8) is 0 Å². The van der Waals surface area contributed by atoms with Crippen LogP contribution in [0.15, 0.2) is 10.6 Å². The zero-order valence-electron chi connectivity index (χ0n) is 13.3. The third-order valence-corrected chi connectivity index (χ3v) is 7.57. The number of carbonyl (C=O) groups is 1. The quantitative estimate of drug-likeness (QED) is 0.771. The molecule has 0 spiro atoms. The van der Waals surface area contributed by atoms with Crippen molar-refractivity contribution in [2.45, 2.75) is 49.7 Å². The van der Waals surface area contributed by atoms with Crippen LogP contribution in [-0.4, -0.2) is 41.7 Å². The number of anilines is 1. The molecule has 8 heteroatoms. The second-order valence-electron chi connectivity index (χ2n) is 7.20. The van der Waals surface area contributed by atoms with Crippen molar-refractivity contribution in [1.82, 2.24) is 5.16 Å². The van der Waals surface area contributed by atoms with Crippen LogP contribution in [-0.2, 0) is 20.0 Å². The van der Waals surface area contributed by atoms with Crippen LogP contribution in [0.3, 0.4) is 0 Å². The van der Waals surface area contributed by atoms with Gasteiger partial charge >= 0.3 is 0 Å². The molecule has 23 heavy (non-hydrogen) atoms. The highest BCUT2D eigenvalue weighted by atomic mass is 32.2. The van der Waals surface area contributed by atoms with Crippen LogP contribution in [0.4, 0.5) is 5.88 Å². The number of rotatable bonds is 7. The van der Waals surface area contributed by atoms with Crippen LogP contribution in [0.5, 0.6) is 0 Å². The lowest BCUT2D eigenvalue weighted by molar-refractivity contribution is -0.118. The molecule has 2 aliphatic rings. The molecule has 1 aromatic rings. The van der Waals surface area contributed by atoms with Crippen LogP contribution in [0.1, 0.15) is 45.2 Å². The summed E-state index contributed by atoms with van der Waals surface area (Å²) in [6, 6.07) is 1.56. The normalized spacial score (nSPS) is 20.3. The summed E-state index contributed by atoms with van der Waals surface area (Å²) in [7, 11) is -3.54. The van der Waals surface area contributed by atoms with Crippen molar-refractivity contribution in [3.8, 4) is 0 Å². The van der Waals surface area contributed by atoms with Gasteiger partial charge in [0.05, 0.1) is 18.1 Å². The van der Waals surface area contributed by atoms with Gasteiger partial charge in [0.2, 0.25) is 11.8 Å². The highest BCUT2D eigenvalue weighted by Crippen LogP contribution is 2.47. The summed E-state index contributed by atoms with van der Waals surface area (Å²) in [5.41, 5.74) is 0.231. The molecule has 0 unspecified atom stereocenters. The maximum Gasteiger partial charge on any atom is 0.247 e. The van der Waals surface area contributed by atoms with Gasteiger partial charge in [-0.05, 0) is 45.4 Å². The number of amides is 1. The molecule has 1 amide bonds. The molecule has 2 fully saturated rings. The molecule has 0 radical (unpaired) electrons. The fourth-order valence-corrected chi connectivity index (χ4v) is 4.14. The van der Waals surface area contributed by atoms with Gasteiger partial charge in [0.25, 0.3) is 0 Å². The molecule has 0 aliphatic heterocycles. The molecular formula is C15H22N2O5S. The molecule has 3 rings (SSSR count). The first-order valence-corrected chi connectivity index (χ1v) is 9.47. The second kappa shape index (κ2) is 5.31. The van der Waals surface area contributed by atoms with Gasteiger partial charge in [0.1, 0.15) is 4.75 Å². The van der Waals surface area contributed by atoms with E-state index in [2.05, 4.69) is 10.5 Å². The molecule has 0 atom stereocenters. The lowest BCUT2D eigenvalue weighted by Gasteiger charge is -2.22. The first-order chi connectivity index (χ1) is 10.7. The minimum Gasteiger partial charge on any atom is -0.395 e. The van der Waals surface area contributed by atoms with E-state index in [1.165, 1.54) is 13.8 Å². The zero-order valence-corrected chi connectivity index (χ0v) is 14.1. The molecule has 0 bridgehead atoms. The lowest BCUT2D eigenvalue weighted by atomic mass is 10.0. The lowest BCUT2D eigenvalue weighted by Crippen LogP contribution is -2.45. The molecule has 7 nitrogen and oxygen atoms in total. The Bertz CT molecular complexity index is 714. The second-order valence-corrected chi connectivity index (χ2v) is 9.79. The van der Waals surface area contributed by atoms with Crippen molar-refractivity contribution in [2.75, 3.05) is 17.7 Å². The molecule has 1 heterocycles. The first kappa shape index (κ1) is 16.4. The zero-order chi connectivity index (χ0) is 16.9. The third-order valence-electron chi connectivity index (χ3n) is 4.92. The molecule has 0 saturated heterocycles. The van der Waals surface area contributed by atoms with E-state index in [9.17, 15) is 18.3 Å². The Labute approximate surface area is 135 Å². The molecule has 128 valence electrons. The summed E-state index contributed by atoms with van der Waals surface area (Å²) in [6.45, 7) is 2.80. The van der Waals surface area contributed by atoms with Crippen molar-refractivity contribution in [2.24, 2.45) is 5.92 Å². The van der Waals surface area contributed by atoms with E-state index in [1.807, 2.05) is 0 Å². The van der Waals surface area contributed by atoms with Crippen LogP contribution >= 0.6 is 0 Å². The SMILES string of the molecule is CC(C)(C(=O)Nc1cc(C2(CO)CC2)no1)S(=O)(=O)CC1CC1. The molecule has 2 saturated carbocycles. The maximum atomic E-state index is 12.4. The summed E-state index contributed by atoms with van der Waals surface area (Å²) in [6.07, 6.45) is 3.46. The number of aliphatic hydroxyl groups is 1. The maximum absolute atomic E-state index is 12.4. The van der Waals surface area contributed by atoms with E-state index in [4.69, 9.17) is 4.52 Å². The highest BCUT2D eigenvalue weighted by molar-refractivity contribution is 7.93. The summed E-state index contributed by atoms with van der Waals surface area (Å²) in [5, 5.41) is 15.8. The number of aliphatic hydroxyl groups excluding tert-OH is 1. The van der Waals surface area contributed by atoms with Crippen LogP contribution < -0.4 is 5.32 Å². The molecule has 2 aliphatic carbocycles. The van der Waals surface area contributed by atoms with E-state index in [1.54, 1.807) is 6.07 Å². The van der Waals surface area contributed by atoms with Crippen LogP contribution in [0.2, 0.25) is 0 Å². The third kappa shape index (κ3) is 3.01. The topological polar surface area (TPSA) is 110 Å². The minimum absolute atomic E-state index is 0.0197. The number of hydrogen-bond acceptors (Lipinski definition) is 6. The van der Waals surface area contributed by atoms with Crippen LogP contribution in [0, 0.1) is 5.92 Å². The van der Waals surface area contributed by atoms with Crippen molar-refractivity contribution in [1.29, 1.82) is 0 Å². The van der Waals surface area contributed by atoms with Gasteiger partial charge in [0.15, 0.2) is 9.84 Å². The van der Waals surface area contributed by atoms with Crippen molar-refractivity contribution >= 4 is 21.6 Å². The van der Waals surface area contributed by atoms with Gasteiger partial charge in [0, 0.05) is 11.5 Å². The number of aromatic nitrogens is 1. The van der Waals surface area contributed by atoms with Gasteiger partial charge in [-0.2, -0.15) is 0 Å². The standard InChI is InChI=1S/C15H22N2O5S/c1-14(2,23(20,21)8-10-3-4-10)13(19)16-12-7-11(17-22-12)15(9-18)5-6-15/h7,10,18H,3-6,8-9H2,1-2H3,(H,16,19). The minimum atomic E-state index is -3.54. The number of nitrogens with one attached hydrogen (secondary N) is 1. The van der Waals surface area contributed by atoms with Crippen LogP contribution in [0.25, 0.3) is 0 Å². The van der Waals surface area contributed by atoms with Gasteiger partial charge in [-0.1, -0.05) is 5.16 Å². The predicted molar refractivity (Wildman–Crippen MR) is 83.7 cm³/mol. The van der Waals surface area contributed by atoms with Crippen molar-refractivity contribution in [3.05, 3.63) is 11.8 Å². The molecule has 1 aromatic heterocycles. The Hall–Kier alpha value is -1.41. The number of sulfone groups is 1. The fourth-order valence-electron chi connectivity index (χ4n) is 2.44. The highest BCUT2D eigenvalue weighted by Gasteiger charge is 2.47. The Kier molecular flexibility index (Phi) is 3.79. The average molecular weight is 342 g/mol. The molecular weight excluding hydrogens is 320 g/mol. The van der Waals surface area contributed by atoms with E-state index in [0.29, 0.717) is 5.69 Å². The Balaban J connectivity index is 1.71. The van der Waals surface area contributed by atoms with E-state index in [-0.39, 0.29) is 29.6 Å². The Morgan fingerprint density at radius 2 is 2.13 bits per heavy atom. The fraction of sp³-hybridized carbons (Fsp3) is 0.733. The van der Waals surface area contributed by atoms with Gasteiger partial charge in [-0.15, -0.1) is 0 Å². The number of carbonyl (C=O) groups excluding carboxylic acids is 1. The average Bonchev–Trinajstić information content (AvgIpc) is 3.40. The number of nitrogens with zero attached hydrogens (tertiary/aromatic N) is 1.